The number of likely N-dealkylation sites (tertiary alicyclic amines) is 1. The van der Waals surface area contributed by atoms with E-state index in [1.54, 1.807) is 29.5 Å². The Hall–Kier alpha value is -4.14. The van der Waals surface area contributed by atoms with Gasteiger partial charge in [0.15, 0.2) is 0 Å². The summed E-state index contributed by atoms with van der Waals surface area (Å²) >= 11 is 0. The lowest BCUT2D eigenvalue weighted by Gasteiger charge is -2.36. The van der Waals surface area contributed by atoms with Crippen molar-refractivity contribution in [2.24, 2.45) is 0 Å². The van der Waals surface area contributed by atoms with Crippen LogP contribution in [0.3, 0.4) is 0 Å². The minimum atomic E-state index is -0.326. The molecular weight excluding hydrogens is 445 g/mol. The Morgan fingerprint density at radius 3 is 2.63 bits per heavy atom. The van der Waals surface area contributed by atoms with Crippen molar-refractivity contribution in [3.8, 4) is 16.8 Å². The summed E-state index contributed by atoms with van der Waals surface area (Å²) in [6.45, 7) is 0.615. The summed E-state index contributed by atoms with van der Waals surface area (Å²) in [6.07, 6.45) is 7.58. The highest BCUT2D eigenvalue weighted by Gasteiger charge is 2.32. The predicted molar refractivity (Wildman–Crippen MR) is 131 cm³/mol. The molecular formula is C26H26FN7O. The fourth-order valence-corrected chi connectivity index (χ4v) is 4.49. The van der Waals surface area contributed by atoms with Crippen molar-refractivity contribution in [3.05, 3.63) is 84.5 Å². The molecule has 178 valence electrons. The van der Waals surface area contributed by atoms with Crippen LogP contribution in [0.1, 0.15) is 41.4 Å². The fourth-order valence-electron chi connectivity index (χ4n) is 4.49. The SMILES string of the molecule is CN(C)c1ncc(-c2cccc(F)c2)c(C2CCCCN2C(=O)c2cccc(-n3cnnc3)c2)n1. The zero-order chi connectivity index (χ0) is 24.4. The van der Waals surface area contributed by atoms with E-state index in [-0.39, 0.29) is 17.8 Å². The first kappa shape index (κ1) is 22.6. The van der Waals surface area contributed by atoms with E-state index in [0.29, 0.717) is 23.6 Å². The van der Waals surface area contributed by atoms with Gasteiger partial charge in [-0.05, 0) is 55.2 Å². The molecule has 1 saturated heterocycles. The third-order valence-corrected chi connectivity index (χ3v) is 6.23. The monoisotopic (exact) mass is 471 g/mol. The minimum absolute atomic E-state index is 0.0696. The van der Waals surface area contributed by atoms with Crippen LogP contribution in [0.2, 0.25) is 0 Å². The van der Waals surface area contributed by atoms with E-state index in [4.69, 9.17) is 4.98 Å². The Morgan fingerprint density at radius 2 is 1.86 bits per heavy atom. The predicted octanol–water partition coefficient (Wildman–Crippen LogP) is 4.30. The van der Waals surface area contributed by atoms with Crippen LogP contribution in [-0.4, -0.2) is 56.2 Å². The molecule has 1 fully saturated rings. The lowest BCUT2D eigenvalue weighted by atomic mass is 9.93. The van der Waals surface area contributed by atoms with E-state index in [2.05, 4.69) is 15.2 Å². The molecule has 0 bridgehead atoms. The van der Waals surface area contributed by atoms with Gasteiger partial charge in [0.1, 0.15) is 18.5 Å². The van der Waals surface area contributed by atoms with Crippen molar-refractivity contribution in [2.75, 3.05) is 25.5 Å². The van der Waals surface area contributed by atoms with E-state index < -0.39 is 0 Å². The second-order valence-corrected chi connectivity index (χ2v) is 8.80. The maximum atomic E-state index is 14.1. The third kappa shape index (κ3) is 4.62. The van der Waals surface area contributed by atoms with Gasteiger partial charge in [0, 0.05) is 43.7 Å². The van der Waals surface area contributed by atoms with Crippen LogP contribution in [-0.2, 0) is 0 Å². The summed E-state index contributed by atoms with van der Waals surface area (Å²) in [6, 6.07) is 13.6. The van der Waals surface area contributed by atoms with Gasteiger partial charge < -0.3 is 9.80 Å². The number of carbonyl (C=O) groups excluding carboxylic acids is 1. The van der Waals surface area contributed by atoms with Crippen LogP contribution < -0.4 is 4.90 Å². The fraction of sp³-hybridized carbons (Fsp3) is 0.269. The quantitative estimate of drug-likeness (QED) is 0.432. The Kier molecular flexibility index (Phi) is 6.22. The van der Waals surface area contributed by atoms with Crippen molar-refractivity contribution in [1.29, 1.82) is 0 Å². The second kappa shape index (κ2) is 9.61. The Morgan fingerprint density at radius 1 is 1.06 bits per heavy atom. The molecule has 0 saturated carbocycles. The molecule has 8 nitrogen and oxygen atoms in total. The normalized spacial score (nSPS) is 15.7. The largest absolute Gasteiger partial charge is 0.347 e. The Balaban J connectivity index is 1.56. The van der Waals surface area contributed by atoms with Gasteiger partial charge >= 0.3 is 0 Å². The molecule has 9 heteroatoms. The summed E-state index contributed by atoms with van der Waals surface area (Å²) in [5.41, 5.74) is 3.55. The molecule has 0 radical (unpaired) electrons. The molecule has 4 aromatic rings. The number of piperidine rings is 1. The Labute approximate surface area is 203 Å². The molecule has 0 spiro atoms. The van der Waals surface area contributed by atoms with Gasteiger partial charge in [-0.25, -0.2) is 14.4 Å². The number of rotatable bonds is 5. The van der Waals surface area contributed by atoms with Gasteiger partial charge in [-0.3, -0.25) is 9.36 Å². The van der Waals surface area contributed by atoms with Crippen molar-refractivity contribution < 1.29 is 9.18 Å². The molecule has 0 aliphatic carbocycles. The smallest absolute Gasteiger partial charge is 0.254 e. The molecule has 1 aliphatic heterocycles. The molecule has 2 aromatic heterocycles. The molecule has 2 aromatic carbocycles. The zero-order valence-corrected chi connectivity index (χ0v) is 19.7. The first-order valence-corrected chi connectivity index (χ1v) is 11.6. The van der Waals surface area contributed by atoms with Gasteiger partial charge in [0.05, 0.1) is 11.7 Å². The topological polar surface area (TPSA) is 80.0 Å². The lowest BCUT2D eigenvalue weighted by molar-refractivity contribution is 0.0606. The highest BCUT2D eigenvalue weighted by molar-refractivity contribution is 5.95. The molecule has 1 unspecified atom stereocenters. The van der Waals surface area contributed by atoms with Crippen LogP contribution in [0.4, 0.5) is 10.3 Å². The molecule has 3 heterocycles. The summed E-state index contributed by atoms with van der Waals surface area (Å²) in [5, 5.41) is 7.71. The summed E-state index contributed by atoms with van der Waals surface area (Å²) < 4.78 is 15.9. The standard InChI is InChI=1S/C26H26FN7O/c1-32(2)26-28-15-22(18-7-5-9-20(27)13-18)24(31-26)23-11-3-4-12-34(23)25(35)19-8-6-10-21(14-19)33-16-29-30-17-33/h5-10,13-17,23H,3-4,11-12H2,1-2H3. The maximum Gasteiger partial charge on any atom is 0.254 e. The van der Waals surface area contributed by atoms with Gasteiger partial charge in [0.25, 0.3) is 5.91 Å². The van der Waals surface area contributed by atoms with Crippen LogP contribution in [0, 0.1) is 5.82 Å². The average molecular weight is 472 g/mol. The van der Waals surface area contributed by atoms with Crippen LogP contribution in [0.5, 0.6) is 0 Å². The molecule has 1 aliphatic rings. The number of anilines is 1. The first-order valence-electron chi connectivity index (χ1n) is 11.6. The highest BCUT2D eigenvalue weighted by atomic mass is 19.1. The highest BCUT2D eigenvalue weighted by Crippen LogP contribution is 2.37. The number of hydrogen-bond donors (Lipinski definition) is 0. The van der Waals surface area contributed by atoms with E-state index in [1.165, 1.54) is 12.1 Å². The first-order chi connectivity index (χ1) is 17.0. The van der Waals surface area contributed by atoms with Crippen molar-refractivity contribution in [2.45, 2.75) is 25.3 Å². The summed E-state index contributed by atoms with van der Waals surface area (Å²) in [7, 11) is 3.75. The van der Waals surface area contributed by atoms with Crippen LogP contribution >= 0.6 is 0 Å². The van der Waals surface area contributed by atoms with Crippen LogP contribution in [0.25, 0.3) is 16.8 Å². The third-order valence-electron chi connectivity index (χ3n) is 6.23. The van der Waals surface area contributed by atoms with E-state index in [1.807, 2.05) is 54.2 Å². The van der Waals surface area contributed by atoms with E-state index in [0.717, 1.165) is 36.2 Å². The Bertz CT molecular complexity index is 1340. The van der Waals surface area contributed by atoms with Crippen molar-refractivity contribution >= 4 is 11.9 Å². The van der Waals surface area contributed by atoms with Gasteiger partial charge in [-0.2, -0.15) is 0 Å². The molecule has 35 heavy (non-hydrogen) atoms. The van der Waals surface area contributed by atoms with Crippen LogP contribution in [0.15, 0.2) is 67.4 Å². The number of nitrogens with zero attached hydrogens (tertiary/aromatic N) is 7. The zero-order valence-electron chi connectivity index (χ0n) is 19.7. The van der Waals surface area contributed by atoms with E-state index >= 15 is 0 Å². The number of hydrogen-bond acceptors (Lipinski definition) is 6. The summed E-state index contributed by atoms with van der Waals surface area (Å²) in [4.78, 5) is 26.9. The van der Waals surface area contributed by atoms with Crippen molar-refractivity contribution in [1.82, 2.24) is 29.6 Å². The number of halogens is 1. The molecule has 5 rings (SSSR count). The molecule has 0 N–H and O–H groups in total. The van der Waals surface area contributed by atoms with Gasteiger partial charge in [-0.1, -0.05) is 18.2 Å². The number of benzene rings is 2. The molecule has 1 amide bonds. The second-order valence-electron chi connectivity index (χ2n) is 8.80. The van der Waals surface area contributed by atoms with Gasteiger partial charge in [-0.15, -0.1) is 10.2 Å². The number of amides is 1. The summed E-state index contributed by atoms with van der Waals surface area (Å²) in [5.74, 6) is 0.153. The average Bonchev–Trinajstić information content (AvgIpc) is 3.43. The number of aromatic nitrogens is 5. The lowest BCUT2D eigenvalue weighted by Crippen LogP contribution is -2.39. The minimum Gasteiger partial charge on any atom is -0.347 e. The molecule has 1 atom stereocenters. The number of carbonyl (C=O) groups is 1. The van der Waals surface area contributed by atoms with Crippen molar-refractivity contribution in [3.63, 3.8) is 0 Å². The van der Waals surface area contributed by atoms with Gasteiger partial charge in [0.2, 0.25) is 5.95 Å². The maximum absolute atomic E-state index is 14.1. The van der Waals surface area contributed by atoms with E-state index in [9.17, 15) is 9.18 Å².